The van der Waals surface area contributed by atoms with E-state index in [1.165, 1.54) is 6.20 Å². The molecule has 0 aliphatic carbocycles. The summed E-state index contributed by atoms with van der Waals surface area (Å²) in [6.07, 6.45) is 1.44. The Hall–Kier alpha value is -2.83. The molecule has 1 N–H and O–H groups in total. The Morgan fingerprint density at radius 2 is 2.08 bits per heavy atom. The highest BCUT2D eigenvalue weighted by Crippen LogP contribution is 2.34. The van der Waals surface area contributed by atoms with Crippen LogP contribution in [0.1, 0.15) is 24.2 Å². The van der Waals surface area contributed by atoms with Gasteiger partial charge in [-0.25, -0.2) is 4.79 Å². The van der Waals surface area contributed by atoms with Crippen LogP contribution in [0.4, 0.5) is 5.69 Å². The molecule has 2 aromatic rings. The highest BCUT2D eigenvalue weighted by molar-refractivity contribution is 6.06. The number of carboxylic acid groups (broad SMARTS) is 1. The smallest absolute Gasteiger partial charge is 0.341 e. The number of carbonyl (C=O) groups excluding carboxylic acids is 1. The van der Waals surface area contributed by atoms with Crippen molar-refractivity contribution in [2.75, 3.05) is 32.2 Å². The average Bonchev–Trinajstić information content (AvgIpc) is 2.59. The number of fused-ring (bicyclic) bond motifs is 1. The van der Waals surface area contributed by atoms with Crippen LogP contribution in [0.25, 0.3) is 10.9 Å². The van der Waals surface area contributed by atoms with Crippen molar-refractivity contribution in [2.45, 2.75) is 13.8 Å². The number of esters is 1. The minimum absolute atomic E-state index is 0.234. The minimum Gasteiger partial charge on any atom is -0.494 e. The number of methoxy groups -OCH3 is 1. The van der Waals surface area contributed by atoms with Crippen molar-refractivity contribution >= 4 is 28.5 Å². The summed E-state index contributed by atoms with van der Waals surface area (Å²) >= 11 is 0. The number of nitrogens with zero attached hydrogens (tertiary/aromatic N) is 2. The van der Waals surface area contributed by atoms with Crippen LogP contribution in [0.2, 0.25) is 0 Å². The summed E-state index contributed by atoms with van der Waals surface area (Å²) in [4.78, 5) is 29.6. The molecule has 1 heterocycles. The maximum absolute atomic E-state index is 12.4. The van der Waals surface area contributed by atoms with Crippen LogP contribution in [0, 0.1) is 5.92 Å². The Morgan fingerprint density at radius 1 is 1.36 bits per heavy atom. The molecule has 0 spiro atoms. The maximum Gasteiger partial charge on any atom is 0.341 e. The van der Waals surface area contributed by atoms with Crippen LogP contribution < -0.4 is 9.64 Å². The summed E-state index contributed by atoms with van der Waals surface area (Å²) in [5.41, 5.74) is 1.47. The first-order chi connectivity index (χ1) is 11.9. The Bertz CT molecular complexity index is 790. The molecule has 7 heteroatoms. The zero-order valence-electron chi connectivity index (χ0n) is 14.8. The number of rotatable bonds is 7. The van der Waals surface area contributed by atoms with E-state index in [9.17, 15) is 14.7 Å². The van der Waals surface area contributed by atoms with Crippen molar-refractivity contribution in [1.29, 1.82) is 0 Å². The van der Waals surface area contributed by atoms with Crippen molar-refractivity contribution < 1.29 is 24.2 Å². The summed E-state index contributed by atoms with van der Waals surface area (Å²) in [5, 5.41) is 9.88. The van der Waals surface area contributed by atoms with Gasteiger partial charge in [-0.3, -0.25) is 9.78 Å². The fourth-order valence-electron chi connectivity index (χ4n) is 2.70. The van der Waals surface area contributed by atoms with E-state index in [4.69, 9.17) is 9.47 Å². The number of pyridine rings is 1. The zero-order chi connectivity index (χ0) is 18.6. The van der Waals surface area contributed by atoms with Crippen molar-refractivity contribution in [3.63, 3.8) is 0 Å². The molecule has 1 unspecified atom stereocenters. The van der Waals surface area contributed by atoms with Gasteiger partial charge in [0.2, 0.25) is 0 Å². The molecule has 0 aliphatic heterocycles. The SMILES string of the molecule is CCOC(=O)c1cnc2c(OC)cccc2c1N(C)CC(C)C(=O)O. The molecule has 0 saturated carbocycles. The number of anilines is 1. The first-order valence-electron chi connectivity index (χ1n) is 7.97. The van der Waals surface area contributed by atoms with Crippen molar-refractivity contribution in [3.05, 3.63) is 30.0 Å². The van der Waals surface area contributed by atoms with Crippen LogP contribution in [0.5, 0.6) is 5.75 Å². The molecule has 1 aromatic carbocycles. The molecule has 1 atom stereocenters. The number of carbonyl (C=O) groups is 2. The van der Waals surface area contributed by atoms with Crippen LogP contribution in [-0.2, 0) is 9.53 Å². The quantitative estimate of drug-likeness (QED) is 0.771. The Balaban J connectivity index is 2.64. The topological polar surface area (TPSA) is 89.0 Å². The standard InChI is InChI=1S/C18H22N2O5/c1-5-25-18(23)13-9-19-15-12(7-6-8-14(15)24-4)16(13)20(3)10-11(2)17(21)22/h6-9,11H,5,10H2,1-4H3,(H,21,22). The Morgan fingerprint density at radius 3 is 2.68 bits per heavy atom. The van der Waals surface area contributed by atoms with E-state index < -0.39 is 17.9 Å². The molecule has 134 valence electrons. The van der Waals surface area contributed by atoms with Crippen LogP contribution in [0.15, 0.2) is 24.4 Å². The lowest BCUT2D eigenvalue weighted by atomic mass is 10.1. The predicted octanol–water partition coefficient (Wildman–Crippen LogP) is 2.58. The van der Waals surface area contributed by atoms with E-state index in [1.807, 2.05) is 6.07 Å². The van der Waals surface area contributed by atoms with Gasteiger partial charge in [0.25, 0.3) is 0 Å². The number of ether oxygens (including phenoxy) is 2. The van der Waals surface area contributed by atoms with Crippen molar-refractivity contribution in [1.82, 2.24) is 4.98 Å². The highest BCUT2D eigenvalue weighted by atomic mass is 16.5. The van der Waals surface area contributed by atoms with E-state index >= 15 is 0 Å². The van der Waals surface area contributed by atoms with Gasteiger partial charge >= 0.3 is 11.9 Å². The molecule has 0 bridgehead atoms. The number of benzene rings is 1. The van der Waals surface area contributed by atoms with Gasteiger partial charge in [0, 0.05) is 25.2 Å². The van der Waals surface area contributed by atoms with E-state index in [0.717, 1.165) is 0 Å². The third kappa shape index (κ3) is 3.81. The molecular formula is C18H22N2O5. The molecule has 0 radical (unpaired) electrons. The largest absolute Gasteiger partial charge is 0.494 e. The number of carboxylic acids is 1. The number of hydrogen-bond acceptors (Lipinski definition) is 6. The number of hydrogen-bond donors (Lipinski definition) is 1. The fraction of sp³-hybridized carbons (Fsp3) is 0.389. The van der Waals surface area contributed by atoms with E-state index in [2.05, 4.69) is 4.98 Å². The minimum atomic E-state index is -0.902. The lowest BCUT2D eigenvalue weighted by Gasteiger charge is -2.25. The molecule has 0 fully saturated rings. The molecule has 1 aromatic heterocycles. The molecule has 2 rings (SSSR count). The van der Waals surface area contributed by atoms with Crippen LogP contribution in [0.3, 0.4) is 0 Å². The van der Waals surface area contributed by atoms with Gasteiger partial charge in [-0.2, -0.15) is 0 Å². The first-order valence-corrected chi connectivity index (χ1v) is 7.97. The second kappa shape index (κ2) is 7.83. The van der Waals surface area contributed by atoms with Crippen molar-refractivity contribution in [2.24, 2.45) is 5.92 Å². The third-order valence-electron chi connectivity index (χ3n) is 3.90. The molecule has 0 amide bonds. The van der Waals surface area contributed by atoms with Gasteiger partial charge in [0.05, 0.1) is 25.3 Å². The van der Waals surface area contributed by atoms with Crippen molar-refractivity contribution in [3.8, 4) is 5.75 Å². The Kier molecular flexibility index (Phi) is 5.80. The van der Waals surface area contributed by atoms with Gasteiger partial charge in [0.15, 0.2) is 0 Å². The summed E-state index contributed by atoms with van der Waals surface area (Å²) in [6.45, 7) is 3.82. The summed E-state index contributed by atoms with van der Waals surface area (Å²) in [6, 6.07) is 5.41. The lowest BCUT2D eigenvalue weighted by molar-refractivity contribution is -0.140. The fourth-order valence-corrected chi connectivity index (χ4v) is 2.70. The monoisotopic (exact) mass is 346 g/mol. The third-order valence-corrected chi connectivity index (χ3v) is 3.90. The highest BCUT2D eigenvalue weighted by Gasteiger charge is 2.23. The number of aliphatic carboxylic acids is 1. The average molecular weight is 346 g/mol. The summed E-state index contributed by atoms with van der Waals surface area (Å²) in [5.74, 6) is -1.42. The summed E-state index contributed by atoms with van der Waals surface area (Å²) < 4.78 is 10.5. The predicted molar refractivity (Wildman–Crippen MR) is 94.3 cm³/mol. The first kappa shape index (κ1) is 18.5. The molecule has 0 saturated heterocycles. The molecule has 0 aliphatic rings. The summed E-state index contributed by atoms with van der Waals surface area (Å²) in [7, 11) is 3.29. The molecule has 7 nitrogen and oxygen atoms in total. The maximum atomic E-state index is 12.4. The second-order valence-corrected chi connectivity index (χ2v) is 5.72. The Labute approximate surface area is 146 Å². The van der Waals surface area contributed by atoms with Gasteiger partial charge in [-0.05, 0) is 13.0 Å². The van der Waals surface area contributed by atoms with Gasteiger partial charge in [-0.1, -0.05) is 19.1 Å². The normalized spacial score (nSPS) is 11.8. The number of aromatic nitrogens is 1. The van der Waals surface area contributed by atoms with E-state index in [-0.39, 0.29) is 13.2 Å². The van der Waals surface area contributed by atoms with E-state index in [1.54, 1.807) is 45.0 Å². The van der Waals surface area contributed by atoms with Gasteiger partial charge in [-0.15, -0.1) is 0 Å². The van der Waals surface area contributed by atoms with Gasteiger partial charge in [0.1, 0.15) is 16.8 Å². The second-order valence-electron chi connectivity index (χ2n) is 5.72. The number of para-hydroxylation sites is 1. The molecule has 25 heavy (non-hydrogen) atoms. The zero-order valence-corrected chi connectivity index (χ0v) is 14.8. The lowest BCUT2D eigenvalue weighted by Crippen LogP contribution is -2.30. The van der Waals surface area contributed by atoms with Crippen LogP contribution >= 0.6 is 0 Å². The molecular weight excluding hydrogens is 324 g/mol. The van der Waals surface area contributed by atoms with Gasteiger partial charge < -0.3 is 19.5 Å². The van der Waals surface area contributed by atoms with E-state index in [0.29, 0.717) is 27.9 Å². The van der Waals surface area contributed by atoms with Crippen LogP contribution in [-0.4, -0.2) is 49.3 Å².